The minimum atomic E-state index is -0.129. The first-order valence-electron chi connectivity index (χ1n) is 7.69. The largest absolute Gasteiger partial charge is 0.306 e. The van der Waals surface area contributed by atoms with E-state index in [1.54, 1.807) is 0 Å². The van der Waals surface area contributed by atoms with E-state index in [-0.39, 0.29) is 5.92 Å². The molecule has 0 bridgehead atoms. The minimum absolute atomic E-state index is 0.129. The second-order valence-electron chi connectivity index (χ2n) is 5.90. The Kier molecular flexibility index (Phi) is 6.57. The minimum Gasteiger partial charge on any atom is -0.306 e. The summed E-state index contributed by atoms with van der Waals surface area (Å²) >= 11 is 5.90. The number of carbonyl (C=O) groups excluding carboxylic acids is 1. The van der Waals surface area contributed by atoms with Gasteiger partial charge in [0.1, 0.15) is 6.29 Å². The van der Waals surface area contributed by atoms with Crippen LogP contribution in [0.4, 0.5) is 0 Å². The fourth-order valence-electron chi connectivity index (χ4n) is 2.37. The van der Waals surface area contributed by atoms with Crippen LogP contribution in [0.25, 0.3) is 6.08 Å². The van der Waals surface area contributed by atoms with Crippen molar-refractivity contribution in [3.05, 3.63) is 76.3 Å². The maximum atomic E-state index is 11.5. The van der Waals surface area contributed by atoms with Gasteiger partial charge in [-0.25, -0.2) is 0 Å². The maximum absolute atomic E-state index is 11.5. The summed E-state index contributed by atoms with van der Waals surface area (Å²) < 4.78 is 0. The summed E-state index contributed by atoms with van der Waals surface area (Å²) in [6.07, 6.45) is 5.93. The van der Waals surface area contributed by atoms with Gasteiger partial charge in [0.2, 0.25) is 0 Å². The monoisotopic (exact) mass is 327 g/mol. The Morgan fingerprint density at radius 3 is 2.26 bits per heavy atom. The molecule has 0 aromatic heterocycles. The van der Waals surface area contributed by atoms with Gasteiger partial charge in [0.15, 0.2) is 0 Å². The summed E-state index contributed by atoms with van der Waals surface area (Å²) in [6.45, 7) is 0.912. The van der Waals surface area contributed by atoms with Gasteiger partial charge in [-0.2, -0.15) is 0 Å². The Bertz CT molecular complexity index is 644. The fraction of sp³-hybridized carbons (Fsp3) is 0.250. The van der Waals surface area contributed by atoms with Gasteiger partial charge in [-0.3, -0.25) is 0 Å². The zero-order valence-electron chi connectivity index (χ0n) is 13.6. The third-order valence-corrected chi connectivity index (χ3v) is 3.93. The van der Waals surface area contributed by atoms with Crippen LogP contribution in [0, 0.1) is 0 Å². The van der Waals surface area contributed by atoms with Crippen LogP contribution >= 0.6 is 11.6 Å². The molecule has 0 fully saturated rings. The average molecular weight is 328 g/mol. The first-order chi connectivity index (χ1) is 11.1. The van der Waals surface area contributed by atoms with Crippen molar-refractivity contribution in [2.75, 3.05) is 20.6 Å². The molecule has 2 aromatic carbocycles. The van der Waals surface area contributed by atoms with Crippen molar-refractivity contribution in [2.24, 2.45) is 0 Å². The molecule has 0 heterocycles. The zero-order valence-corrected chi connectivity index (χ0v) is 14.3. The second kappa shape index (κ2) is 8.66. The molecule has 2 aromatic rings. The van der Waals surface area contributed by atoms with E-state index in [0.717, 1.165) is 29.5 Å². The van der Waals surface area contributed by atoms with E-state index in [1.807, 2.05) is 50.5 Å². The van der Waals surface area contributed by atoms with Gasteiger partial charge < -0.3 is 9.69 Å². The number of rotatable bonds is 7. The van der Waals surface area contributed by atoms with Crippen LogP contribution in [0.15, 0.2) is 54.6 Å². The maximum Gasteiger partial charge on any atom is 0.127 e. The van der Waals surface area contributed by atoms with Gasteiger partial charge in [-0.1, -0.05) is 60.2 Å². The molecule has 0 amide bonds. The van der Waals surface area contributed by atoms with E-state index in [4.69, 9.17) is 11.6 Å². The first kappa shape index (κ1) is 17.5. The molecule has 0 aliphatic heterocycles. The predicted octanol–water partition coefficient (Wildman–Crippen LogP) is 4.44. The summed E-state index contributed by atoms with van der Waals surface area (Å²) in [6, 6.07) is 15.8. The molecule has 1 unspecified atom stereocenters. The summed E-state index contributed by atoms with van der Waals surface area (Å²) in [5, 5.41) is 0.713. The quantitative estimate of drug-likeness (QED) is 0.701. The molecule has 2 nitrogen and oxygen atoms in total. The van der Waals surface area contributed by atoms with E-state index in [2.05, 4.69) is 29.2 Å². The zero-order chi connectivity index (χ0) is 16.7. The highest BCUT2D eigenvalue weighted by molar-refractivity contribution is 6.30. The summed E-state index contributed by atoms with van der Waals surface area (Å²) in [5.74, 6) is -0.129. The van der Waals surface area contributed by atoms with Crippen molar-refractivity contribution < 1.29 is 4.79 Å². The van der Waals surface area contributed by atoms with Crippen LogP contribution in [0.5, 0.6) is 0 Å². The number of likely N-dealkylation sites (N-methyl/N-ethyl adjacent to an activating group) is 1. The molecule has 0 N–H and O–H groups in total. The molecule has 1 atom stereocenters. The lowest BCUT2D eigenvalue weighted by atomic mass is 9.92. The molecular weight excluding hydrogens is 306 g/mol. The highest BCUT2D eigenvalue weighted by Crippen LogP contribution is 2.21. The smallest absolute Gasteiger partial charge is 0.127 e. The van der Waals surface area contributed by atoms with Crippen molar-refractivity contribution in [1.29, 1.82) is 0 Å². The Morgan fingerprint density at radius 1 is 1.04 bits per heavy atom. The van der Waals surface area contributed by atoms with Crippen LogP contribution < -0.4 is 0 Å². The number of carbonyl (C=O) groups is 1. The molecular formula is C20H22ClNO. The number of hydrogen-bond donors (Lipinski definition) is 0. The molecule has 0 radical (unpaired) electrons. The molecule has 0 aliphatic carbocycles. The summed E-state index contributed by atoms with van der Waals surface area (Å²) in [7, 11) is 4.08. The van der Waals surface area contributed by atoms with E-state index in [9.17, 15) is 4.79 Å². The Balaban J connectivity index is 2.05. The van der Waals surface area contributed by atoms with Crippen LogP contribution in [0.1, 0.15) is 22.6 Å². The number of nitrogens with zero attached hydrogens (tertiary/aromatic N) is 1. The lowest BCUT2D eigenvalue weighted by Gasteiger charge is -2.11. The Morgan fingerprint density at radius 2 is 1.70 bits per heavy atom. The van der Waals surface area contributed by atoms with Gasteiger partial charge in [-0.15, -0.1) is 0 Å². The van der Waals surface area contributed by atoms with Crippen LogP contribution in [-0.4, -0.2) is 31.8 Å². The van der Waals surface area contributed by atoms with Crippen molar-refractivity contribution >= 4 is 24.0 Å². The van der Waals surface area contributed by atoms with Gasteiger partial charge in [0, 0.05) is 17.5 Å². The third-order valence-electron chi connectivity index (χ3n) is 3.68. The van der Waals surface area contributed by atoms with Gasteiger partial charge in [0.05, 0.1) is 0 Å². The van der Waals surface area contributed by atoms with Crippen molar-refractivity contribution in [3.8, 4) is 0 Å². The molecule has 23 heavy (non-hydrogen) atoms. The van der Waals surface area contributed by atoms with Crippen molar-refractivity contribution in [2.45, 2.75) is 12.3 Å². The Labute approximate surface area is 143 Å². The number of aldehydes is 1. The molecule has 0 saturated heterocycles. The number of halogens is 1. The Hall–Kier alpha value is -1.90. The predicted molar refractivity (Wildman–Crippen MR) is 98.0 cm³/mol. The molecule has 0 spiro atoms. The highest BCUT2D eigenvalue weighted by atomic mass is 35.5. The lowest BCUT2D eigenvalue weighted by Crippen LogP contribution is -2.10. The van der Waals surface area contributed by atoms with Crippen LogP contribution in [0.3, 0.4) is 0 Å². The first-order valence-corrected chi connectivity index (χ1v) is 8.07. The van der Waals surface area contributed by atoms with E-state index >= 15 is 0 Å². The van der Waals surface area contributed by atoms with Gasteiger partial charge in [0.25, 0.3) is 0 Å². The summed E-state index contributed by atoms with van der Waals surface area (Å²) in [5.41, 5.74) is 3.30. The topological polar surface area (TPSA) is 20.3 Å². The molecule has 0 saturated carbocycles. The van der Waals surface area contributed by atoms with E-state index in [0.29, 0.717) is 11.4 Å². The SMILES string of the molecule is CN(C)C/C=C/c1ccc(C(C=O)Cc2ccc(Cl)cc2)cc1. The van der Waals surface area contributed by atoms with Gasteiger partial charge in [-0.05, 0) is 49.3 Å². The van der Waals surface area contributed by atoms with Crippen molar-refractivity contribution in [3.63, 3.8) is 0 Å². The van der Waals surface area contributed by atoms with E-state index in [1.165, 1.54) is 0 Å². The average Bonchev–Trinajstić information content (AvgIpc) is 2.55. The number of benzene rings is 2. The normalized spacial score (nSPS) is 12.7. The van der Waals surface area contributed by atoms with Crippen LogP contribution in [0.2, 0.25) is 5.02 Å². The standard InChI is InChI=1S/C20H22ClNO/c1-22(2)13-3-4-16-5-9-18(10-6-16)19(15-23)14-17-7-11-20(21)12-8-17/h3-12,15,19H,13-14H2,1-2H3/b4-3+. The van der Waals surface area contributed by atoms with Gasteiger partial charge >= 0.3 is 0 Å². The highest BCUT2D eigenvalue weighted by Gasteiger charge is 2.11. The second-order valence-corrected chi connectivity index (χ2v) is 6.34. The number of hydrogen-bond acceptors (Lipinski definition) is 2. The van der Waals surface area contributed by atoms with E-state index < -0.39 is 0 Å². The molecule has 0 aliphatic rings. The lowest BCUT2D eigenvalue weighted by molar-refractivity contribution is -0.109. The molecule has 2 rings (SSSR count). The van der Waals surface area contributed by atoms with Crippen molar-refractivity contribution in [1.82, 2.24) is 4.90 Å². The molecule has 120 valence electrons. The fourth-order valence-corrected chi connectivity index (χ4v) is 2.50. The third kappa shape index (κ3) is 5.66. The molecule has 3 heteroatoms. The summed E-state index contributed by atoms with van der Waals surface area (Å²) in [4.78, 5) is 13.6. The van der Waals surface area contributed by atoms with Crippen LogP contribution in [-0.2, 0) is 11.2 Å².